The van der Waals surface area contributed by atoms with Gasteiger partial charge in [0.25, 0.3) is 0 Å². The van der Waals surface area contributed by atoms with E-state index in [2.05, 4.69) is 29.0 Å². The minimum Gasteiger partial charge on any atom is -0.492 e. The third-order valence-electron chi connectivity index (χ3n) is 4.98. The smallest absolute Gasteiger partial charge is 0.218 e. The van der Waals surface area contributed by atoms with E-state index in [1.165, 1.54) is 5.56 Å². The van der Waals surface area contributed by atoms with Crippen LogP contribution in [-0.2, 0) is 9.53 Å². The summed E-state index contributed by atoms with van der Waals surface area (Å²) in [6.45, 7) is 6.74. The van der Waals surface area contributed by atoms with E-state index in [0.29, 0.717) is 25.5 Å². The number of guanidine groups is 1. The fourth-order valence-electron chi connectivity index (χ4n) is 3.54. The fraction of sp³-hybridized carbons (Fsp3) is 0.348. The van der Waals surface area contributed by atoms with Gasteiger partial charge >= 0.3 is 0 Å². The van der Waals surface area contributed by atoms with Gasteiger partial charge in [-0.25, -0.2) is 9.98 Å². The van der Waals surface area contributed by atoms with Crippen molar-refractivity contribution < 1.29 is 9.53 Å². The zero-order valence-corrected chi connectivity index (χ0v) is 16.3. The van der Waals surface area contributed by atoms with Crippen LogP contribution in [0.25, 0.3) is 0 Å². The van der Waals surface area contributed by atoms with Crippen LogP contribution in [0.2, 0.25) is 0 Å². The van der Waals surface area contributed by atoms with Gasteiger partial charge in [-0.2, -0.15) is 0 Å². The summed E-state index contributed by atoms with van der Waals surface area (Å²) in [4.78, 5) is 21.6. The molecule has 146 valence electrons. The van der Waals surface area contributed by atoms with Gasteiger partial charge in [0.05, 0.1) is 18.5 Å². The van der Waals surface area contributed by atoms with E-state index in [1.807, 2.05) is 43.4 Å². The van der Waals surface area contributed by atoms with E-state index in [1.54, 1.807) is 12.3 Å². The summed E-state index contributed by atoms with van der Waals surface area (Å²) in [7, 11) is 0. The maximum Gasteiger partial charge on any atom is 0.218 e. The minimum absolute atomic E-state index is 0.0503. The molecule has 3 rings (SSSR count). The molecule has 3 atom stereocenters. The Morgan fingerprint density at radius 1 is 1.36 bits per heavy atom. The Morgan fingerprint density at radius 3 is 2.93 bits per heavy atom. The Labute approximate surface area is 166 Å². The number of hydrogen-bond acceptors (Lipinski definition) is 5. The number of carbonyl (C=O) groups excluding carboxylic acids is 1. The highest BCUT2D eigenvalue weighted by molar-refractivity contribution is 6.02. The molecule has 1 fully saturated rings. The number of ether oxygens (including phenoxy) is 1. The molecule has 1 aromatic carbocycles. The molecule has 1 N–H and O–H groups in total. The van der Waals surface area contributed by atoms with Crippen molar-refractivity contribution in [1.82, 2.24) is 5.32 Å². The fourth-order valence-corrected chi connectivity index (χ4v) is 3.54. The number of ketones is 1. The van der Waals surface area contributed by atoms with Crippen LogP contribution in [0.15, 0.2) is 77.0 Å². The van der Waals surface area contributed by atoms with Crippen molar-refractivity contribution >= 4 is 18.0 Å². The lowest BCUT2D eigenvalue weighted by atomic mass is 9.75. The Kier molecular flexibility index (Phi) is 6.95. The number of nitrogens with zero attached hydrogens (tertiary/aromatic N) is 2. The van der Waals surface area contributed by atoms with E-state index >= 15 is 0 Å². The number of nitrogens with one attached hydrogen (secondary N) is 1. The lowest BCUT2D eigenvalue weighted by Crippen LogP contribution is -2.41. The number of Topliss-reactive ketones (excluding diaryl/α,β-unsaturated/α-hetero) is 1. The molecule has 0 aromatic heterocycles. The van der Waals surface area contributed by atoms with Gasteiger partial charge in [0, 0.05) is 12.6 Å². The number of rotatable bonds is 7. The van der Waals surface area contributed by atoms with E-state index in [9.17, 15) is 4.79 Å². The molecule has 1 saturated carbocycles. The molecule has 5 heteroatoms. The highest BCUT2D eigenvalue weighted by atomic mass is 16.5. The topological polar surface area (TPSA) is 63.0 Å². The van der Waals surface area contributed by atoms with E-state index < -0.39 is 0 Å². The first-order chi connectivity index (χ1) is 13.7. The van der Waals surface area contributed by atoms with E-state index in [4.69, 9.17) is 9.73 Å². The molecule has 0 bridgehead atoms. The summed E-state index contributed by atoms with van der Waals surface area (Å²) in [6, 6.07) is 10.2. The molecule has 3 unspecified atom stereocenters. The Balaban J connectivity index is 1.56. The van der Waals surface area contributed by atoms with E-state index in [-0.39, 0.29) is 23.7 Å². The highest BCUT2D eigenvalue weighted by Crippen LogP contribution is 2.35. The summed E-state index contributed by atoms with van der Waals surface area (Å²) >= 11 is 0. The summed E-state index contributed by atoms with van der Waals surface area (Å²) in [5.41, 5.74) is 1.21. The molecule has 2 aliphatic rings. The third-order valence-corrected chi connectivity index (χ3v) is 4.98. The third kappa shape index (κ3) is 5.06. The van der Waals surface area contributed by atoms with Crippen LogP contribution in [0.1, 0.15) is 31.2 Å². The average Bonchev–Trinajstić information content (AvgIpc) is 2.73. The monoisotopic (exact) mass is 377 g/mol. The first-order valence-electron chi connectivity index (χ1n) is 9.73. The second-order valence-electron chi connectivity index (χ2n) is 6.91. The molecule has 0 spiro atoms. The SMILES string of the molecule is C=C/C(=C\C=C/C)OCCNC1=NC2CC(c3ccccc3)CC(=O)C2C=N1. The summed E-state index contributed by atoms with van der Waals surface area (Å²) in [6.07, 6.45) is 10.6. The summed E-state index contributed by atoms with van der Waals surface area (Å²) in [5, 5.41) is 3.20. The quantitative estimate of drug-likeness (QED) is 0.446. The average molecular weight is 377 g/mol. The normalized spacial score (nSPS) is 24.6. The lowest BCUT2D eigenvalue weighted by Gasteiger charge is -2.33. The lowest BCUT2D eigenvalue weighted by molar-refractivity contribution is -0.123. The Morgan fingerprint density at radius 2 is 2.18 bits per heavy atom. The van der Waals surface area contributed by atoms with Crippen LogP contribution in [0.3, 0.4) is 0 Å². The molecule has 0 radical (unpaired) electrons. The Bertz CT molecular complexity index is 808. The molecule has 0 amide bonds. The Hall–Kier alpha value is -2.95. The van der Waals surface area contributed by atoms with Crippen molar-refractivity contribution in [2.75, 3.05) is 13.2 Å². The number of allylic oxidation sites excluding steroid dienone is 4. The van der Waals surface area contributed by atoms with Crippen LogP contribution < -0.4 is 5.32 Å². The minimum atomic E-state index is -0.196. The van der Waals surface area contributed by atoms with Gasteiger partial charge in [-0.15, -0.1) is 0 Å². The largest absolute Gasteiger partial charge is 0.492 e. The number of carbonyl (C=O) groups is 1. The van der Waals surface area contributed by atoms with Crippen molar-refractivity contribution in [3.63, 3.8) is 0 Å². The van der Waals surface area contributed by atoms with Crippen molar-refractivity contribution in [2.24, 2.45) is 15.9 Å². The maximum absolute atomic E-state index is 12.6. The summed E-state index contributed by atoms with van der Waals surface area (Å²) < 4.78 is 5.65. The van der Waals surface area contributed by atoms with Crippen molar-refractivity contribution in [2.45, 2.75) is 31.7 Å². The number of aliphatic imine (C=N–C) groups is 2. The summed E-state index contributed by atoms with van der Waals surface area (Å²) in [5.74, 6) is 1.55. The second-order valence-corrected chi connectivity index (χ2v) is 6.91. The van der Waals surface area contributed by atoms with Gasteiger partial charge in [0.15, 0.2) is 0 Å². The van der Waals surface area contributed by atoms with Crippen LogP contribution in [0, 0.1) is 5.92 Å². The van der Waals surface area contributed by atoms with Gasteiger partial charge in [-0.3, -0.25) is 4.79 Å². The predicted octanol–water partition coefficient (Wildman–Crippen LogP) is 3.81. The zero-order valence-electron chi connectivity index (χ0n) is 16.3. The van der Waals surface area contributed by atoms with E-state index in [0.717, 1.165) is 12.2 Å². The molecule has 5 nitrogen and oxygen atoms in total. The molecule has 1 heterocycles. The van der Waals surface area contributed by atoms with Crippen LogP contribution in [0.5, 0.6) is 0 Å². The molecule has 1 aliphatic heterocycles. The molecule has 0 saturated heterocycles. The second kappa shape index (κ2) is 9.83. The molecular formula is C23H27N3O2. The zero-order chi connectivity index (χ0) is 19.8. The number of benzene rings is 1. The first-order valence-corrected chi connectivity index (χ1v) is 9.73. The van der Waals surface area contributed by atoms with Gasteiger partial charge in [-0.05, 0) is 37.0 Å². The number of hydrogen-bond donors (Lipinski definition) is 1. The van der Waals surface area contributed by atoms with Crippen LogP contribution in [0.4, 0.5) is 0 Å². The molecular weight excluding hydrogens is 350 g/mol. The van der Waals surface area contributed by atoms with Gasteiger partial charge in [-0.1, -0.05) is 49.1 Å². The first kappa shape index (κ1) is 19.8. The van der Waals surface area contributed by atoms with Crippen molar-refractivity contribution in [3.8, 4) is 0 Å². The molecule has 28 heavy (non-hydrogen) atoms. The van der Waals surface area contributed by atoms with Crippen LogP contribution in [-0.4, -0.2) is 37.2 Å². The predicted molar refractivity (Wildman–Crippen MR) is 114 cm³/mol. The standard InChI is InChI=1S/C23H27N3O2/c1-3-5-11-19(4-2)28-13-12-24-23-25-16-20-21(26-23)14-18(15-22(20)27)17-9-7-6-8-10-17/h3-11,16,18,20-21H,2,12-15H2,1H3,(H,24,26)/b5-3-,19-11+. The molecule has 1 aromatic rings. The van der Waals surface area contributed by atoms with Gasteiger partial charge in [0.2, 0.25) is 5.96 Å². The van der Waals surface area contributed by atoms with Crippen molar-refractivity contribution in [3.05, 3.63) is 72.5 Å². The molecule has 1 aliphatic carbocycles. The number of fused-ring (bicyclic) bond motifs is 1. The van der Waals surface area contributed by atoms with Gasteiger partial charge < -0.3 is 10.1 Å². The van der Waals surface area contributed by atoms with Crippen LogP contribution >= 0.6 is 0 Å². The highest BCUT2D eigenvalue weighted by Gasteiger charge is 2.38. The van der Waals surface area contributed by atoms with Crippen molar-refractivity contribution in [1.29, 1.82) is 0 Å². The maximum atomic E-state index is 12.6. The van der Waals surface area contributed by atoms with Gasteiger partial charge in [0.1, 0.15) is 18.1 Å².